The van der Waals surface area contributed by atoms with Gasteiger partial charge in [0.15, 0.2) is 0 Å². The summed E-state index contributed by atoms with van der Waals surface area (Å²) in [7, 11) is 0. The van der Waals surface area contributed by atoms with Gasteiger partial charge in [-0.05, 0) is 109 Å². The Bertz CT molecular complexity index is 1420. The second-order valence-corrected chi connectivity index (χ2v) is 11.6. The Kier molecular flexibility index (Phi) is 9.17. The second-order valence-electron chi connectivity index (χ2n) is 11.6. The number of fused-ring (bicyclic) bond motifs is 1. The molecule has 4 aromatic carbocycles. The molecule has 0 spiro atoms. The van der Waals surface area contributed by atoms with Crippen LogP contribution in [0, 0.1) is 5.82 Å². The van der Waals surface area contributed by atoms with Gasteiger partial charge in [0.05, 0.1) is 12.1 Å². The minimum atomic E-state index is -0.415. The molecular formula is C37H41FN2O2. The fourth-order valence-corrected chi connectivity index (χ4v) is 6.46. The fraction of sp³-hybridized carbons (Fsp3) is 0.351. The number of nitrogens with one attached hydrogen (secondary N) is 2. The Morgan fingerprint density at radius 2 is 1.60 bits per heavy atom. The largest absolute Gasteiger partial charge is 0.494 e. The number of aryl methyl sites for hydroxylation is 1. The van der Waals surface area contributed by atoms with E-state index in [1.807, 2.05) is 30.3 Å². The Hall–Kier alpha value is -3.67. The Balaban J connectivity index is 1.16. The van der Waals surface area contributed by atoms with Crippen molar-refractivity contribution in [3.05, 3.63) is 131 Å². The molecule has 1 saturated heterocycles. The van der Waals surface area contributed by atoms with E-state index in [2.05, 4.69) is 65.2 Å². The lowest BCUT2D eigenvalue weighted by Crippen LogP contribution is -2.48. The molecule has 2 heterocycles. The van der Waals surface area contributed by atoms with E-state index in [0.717, 1.165) is 68.0 Å². The zero-order chi connectivity index (χ0) is 28.6. The van der Waals surface area contributed by atoms with E-state index in [9.17, 15) is 4.39 Å². The second kappa shape index (κ2) is 13.5. The Morgan fingerprint density at radius 3 is 2.38 bits per heavy atom. The number of halogens is 1. The quantitative estimate of drug-likeness (QED) is 0.200. The smallest absolute Gasteiger partial charge is 0.123 e. The van der Waals surface area contributed by atoms with Gasteiger partial charge in [0.1, 0.15) is 23.9 Å². The van der Waals surface area contributed by atoms with Crippen molar-refractivity contribution in [3.63, 3.8) is 0 Å². The van der Waals surface area contributed by atoms with Gasteiger partial charge in [0.25, 0.3) is 0 Å². The molecule has 2 aliphatic heterocycles. The normalized spacial score (nSPS) is 20.1. The van der Waals surface area contributed by atoms with E-state index in [4.69, 9.17) is 9.47 Å². The van der Waals surface area contributed by atoms with E-state index < -0.39 is 5.54 Å². The molecule has 0 radical (unpaired) electrons. The molecule has 2 atom stereocenters. The average Bonchev–Trinajstić information content (AvgIpc) is 3.04. The first-order chi connectivity index (χ1) is 20.7. The zero-order valence-corrected chi connectivity index (χ0v) is 24.3. The van der Waals surface area contributed by atoms with E-state index in [0.29, 0.717) is 12.6 Å². The number of hydrogen-bond donors (Lipinski definition) is 2. The monoisotopic (exact) mass is 564 g/mol. The van der Waals surface area contributed by atoms with Gasteiger partial charge in [-0.2, -0.15) is 0 Å². The molecule has 6 rings (SSSR count). The first kappa shape index (κ1) is 28.4. The summed E-state index contributed by atoms with van der Waals surface area (Å²) in [5, 5.41) is 7.44. The molecule has 0 saturated carbocycles. The molecule has 42 heavy (non-hydrogen) atoms. The number of benzene rings is 4. The molecule has 0 aromatic heterocycles. The van der Waals surface area contributed by atoms with Crippen LogP contribution in [0.15, 0.2) is 97.1 Å². The maximum atomic E-state index is 14.0. The zero-order valence-electron chi connectivity index (χ0n) is 24.3. The number of rotatable bonds is 11. The molecule has 218 valence electrons. The van der Waals surface area contributed by atoms with Crippen LogP contribution in [0.3, 0.4) is 0 Å². The summed E-state index contributed by atoms with van der Waals surface area (Å²) in [6.45, 7) is 3.25. The van der Waals surface area contributed by atoms with E-state index >= 15 is 0 Å². The van der Waals surface area contributed by atoms with Crippen molar-refractivity contribution in [1.82, 2.24) is 10.6 Å². The highest BCUT2D eigenvalue weighted by atomic mass is 19.1. The van der Waals surface area contributed by atoms with Gasteiger partial charge in [-0.15, -0.1) is 0 Å². The number of hydrogen-bond acceptors (Lipinski definition) is 4. The maximum absolute atomic E-state index is 14.0. The van der Waals surface area contributed by atoms with E-state index in [1.54, 1.807) is 12.1 Å². The first-order valence-electron chi connectivity index (χ1n) is 15.4. The van der Waals surface area contributed by atoms with Crippen molar-refractivity contribution in [3.8, 4) is 11.5 Å². The molecule has 0 aliphatic carbocycles. The molecule has 5 heteroatoms. The van der Waals surface area contributed by atoms with Gasteiger partial charge < -0.3 is 20.1 Å². The maximum Gasteiger partial charge on any atom is 0.123 e. The minimum absolute atomic E-state index is 0.218. The van der Waals surface area contributed by atoms with Crippen LogP contribution in [-0.4, -0.2) is 25.7 Å². The van der Waals surface area contributed by atoms with Gasteiger partial charge in [0.2, 0.25) is 0 Å². The van der Waals surface area contributed by atoms with Crippen molar-refractivity contribution in [2.24, 2.45) is 0 Å². The average molecular weight is 565 g/mol. The summed E-state index contributed by atoms with van der Waals surface area (Å²) in [5.41, 5.74) is 5.59. The third-order valence-corrected chi connectivity index (χ3v) is 8.80. The standard InChI is InChI=1S/C37H41FN2O2/c38-32-13-11-31(12-14-32)37(22-19-28-9-15-34(16-10-28)41-25-21-33-8-4-5-23-39-33)36-18-17-35(26-30(36)20-24-40-37)42-27-29-6-2-1-3-7-29/h1-3,6-7,9-18,26,33,39-40H,4-5,8,19-25,27H2. The van der Waals surface area contributed by atoms with Gasteiger partial charge >= 0.3 is 0 Å². The molecule has 4 aromatic rings. The molecule has 4 nitrogen and oxygen atoms in total. The first-order valence-corrected chi connectivity index (χ1v) is 15.4. The van der Waals surface area contributed by atoms with Crippen molar-refractivity contribution in [2.75, 3.05) is 19.7 Å². The summed E-state index contributed by atoms with van der Waals surface area (Å²) in [6.07, 6.45) is 7.54. The Morgan fingerprint density at radius 1 is 0.786 bits per heavy atom. The van der Waals surface area contributed by atoms with Crippen molar-refractivity contribution < 1.29 is 13.9 Å². The predicted octanol–water partition coefficient (Wildman–Crippen LogP) is 7.34. The van der Waals surface area contributed by atoms with Gasteiger partial charge in [-0.3, -0.25) is 0 Å². The lowest BCUT2D eigenvalue weighted by Gasteiger charge is -2.41. The van der Waals surface area contributed by atoms with Crippen molar-refractivity contribution >= 4 is 0 Å². The SMILES string of the molecule is Fc1ccc(C2(CCc3ccc(OCCC4CCCCN4)cc3)NCCc3cc(OCc4ccccc4)ccc32)cc1. The van der Waals surface area contributed by atoms with Crippen LogP contribution in [0.2, 0.25) is 0 Å². The van der Waals surface area contributed by atoms with Gasteiger partial charge in [-0.1, -0.05) is 67.1 Å². The van der Waals surface area contributed by atoms with Crippen LogP contribution in [0.25, 0.3) is 0 Å². The van der Waals surface area contributed by atoms with Crippen LogP contribution < -0.4 is 20.1 Å². The van der Waals surface area contributed by atoms with Gasteiger partial charge in [-0.25, -0.2) is 4.39 Å². The predicted molar refractivity (Wildman–Crippen MR) is 167 cm³/mol. The van der Waals surface area contributed by atoms with Gasteiger partial charge in [0, 0.05) is 12.6 Å². The third-order valence-electron chi connectivity index (χ3n) is 8.80. The molecule has 2 unspecified atom stereocenters. The van der Waals surface area contributed by atoms with E-state index in [1.165, 1.54) is 36.0 Å². The molecular weight excluding hydrogens is 523 g/mol. The molecule has 0 amide bonds. The molecule has 2 N–H and O–H groups in total. The topological polar surface area (TPSA) is 42.5 Å². The summed E-state index contributed by atoms with van der Waals surface area (Å²) in [5.74, 6) is 1.58. The van der Waals surface area contributed by atoms with Crippen LogP contribution in [0.1, 0.15) is 59.9 Å². The number of ether oxygens (including phenoxy) is 2. The highest BCUT2D eigenvalue weighted by Crippen LogP contribution is 2.40. The van der Waals surface area contributed by atoms with Crippen LogP contribution in [0.5, 0.6) is 11.5 Å². The fourth-order valence-electron chi connectivity index (χ4n) is 6.46. The summed E-state index contributed by atoms with van der Waals surface area (Å²) in [4.78, 5) is 0. The van der Waals surface area contributed by atoms with Crippen LogP contribution >= 0.6 is 0 Å². The summed E-state index contributed by atoms with van der Waals surface area (Å²) < 4.78 is 26.2. The third kappa shape index (κ3) is 6.86. The summed E-state index contributed by atoms with van der Waals surface area (Å²) in [6, 6.07) is 32.8. The molecule has 0 bridgehead atoms. The highest BCUT2D eigenvalue weighted by Gasteiger charge is 2.38. The van der Waals surface area contributed by atoms with Crippen LogP contribution in [-0.2, 0) is 25.0 Å². The lowest BCUT2D eigenvalue weighted by molar-refractivity contribution is 0.268. The van der Waals surface area contributed by atoms with Crippen molar-refractivity contribution in [2.45, 2.75) is 63.1 Å². The van der Waals surface area contributed by atoms with E-state index in [-0.39, 0.29) is 5.82 Å². The number of piperidine rings is 1. The molecule has 2 aliphatic rings. The lowest BCUT2D eigenvalue weighted by atomic mass is 9.74. The minimum Gasteiger partial charge on any atom is -0.494 e. The molecule has 1 fully saturated rings. The van der Waals surface area contributed by atoms with Crippen molar-refractivity contribution in [1.29, 1.82) is 0 Å². The highest BCUT2D eigenvalue weighted by molar-refractivity contribution is 5.48. The van der Waals surface area contributed by atoms with Crippen LogP contribution in [0.4, 0.5) is 4.39 Å². The Labute approximate surface area is 249 Å². The summed E-state index contributed by atoms with van der Waals surface area (Å²) >= 11 is 0.